The fraction of sp³-hybridized carbons (Fsp3) is 0.385. The minimum absolute atomic E-state index is 0.460. The van der Waals surface area contributed by atoms with Crippen LogP contribution in [0.5, 0.6) is 0 Å². The van der Waals surface area contributed by atoms with Gasteiger partial charge in [-0.2, -0.15) is 5.10 Å². The van der Waals surface area contributed by atoms with Gasteiger partial charge in [-0.05, 0) is 31.5 Å². The van der Waals surface area contributed by atoms with Crippen LogP contribution in [0.15, 0.2) is 18.3 Å². The van der Waals surface area contributed by atoms with Crippen LogP contribution in [0.3, 0.4) is 0 Å². The molecule has 0 aliphatic heterocycles. The van der Waals surface area contributed by atoms with Crippen LogP contribution < -0.4 is 0 Å². The third-order valence-electron chi connectivity index (χ3n) is 2.97. The molecule has 0 aromatic carbocycles. The molecule has 2 aromatic heterocycles. The highest BCUT2D eigenvalue weighted by atomic mass is 35.5. The van der Waals surface area contributed by atoms with Crippen molar-refractivity contribution in [1.29, 1.82) is 0 Å². The molecule has 0 spiro atoms. The van der Waals surface area contributed by atoms with Gasteiger partial charge in [0.2, 0.25) is 0 Å². The van der Waals surface area contributed by atoms with Crippen LogP contribution in [0.2, 0.25) is 5.15 Å². The molecule has 1 atom stereocenters. The predicted molar refractivity (Wildman–Crippen MR) is 70.6 cm³/mol. The van der Waals surface area contributed by atoms with E-state index < -0.39 is 6.10 Å². The topological polar surface area (TPSA) is 50.9 Å². The Labute approximate surface area is 111 Å². The number of pyridine rings is 1. The standard InChI is InChI=1S/C13H16ClN3O/c1-8-6-10(4-5-15-8)12(18)7-11-9(2)16-17(3)13(11)14/h4-6,12,18H,7H2,1-3H3. The first-order chi connectivity index (χ1) is 8.49. The van der Waals surface area contributed by atoms with Gasteiger partial charge in [-0.3, -0.25) is 9.67 Å². The highest BCUT2D eigenvalue weighted by Crippen LogP contribution is 2.25. The van der Waals surface area contributed by atoms with Crippen LogP contribution in [-0.2, 0) is 13.5 Å². The van der Waals surface area contributed by atoms with Crippen molar-refractivity contribution in [3.05, 3.63) is 46.0 Å². The summed E-state index contributed by atoms with van der Waals surface area (Å²) in [7, 11) is 1.79. The molecule has 0 saturated carbocycles. The van der Waals surface area contributed by atoms with Gasteiger partial charge in [0.25, 0.3) is 0 Å². The highest BCUT2D eigenvalue weighted by molar-refractivity contribution is 6.30. The lowest BCUT2D eigenvalue weighted by molar-refractivity contribution is 0.178. The molecule has 18 heavy (non-hydrogen) atoms. The van der Waals surface area contributed by atoms with E-state index >= 15 is 0 Å². The Bertz CT molecular complexity index is 565. The molecule has 2 heterocycles. The number of aliphatic hydroxyl groups is 1. The van der Waals surface area contributed by atoms with Gasteiger partial charge in [0.15, 0.2) is 0 Å². The van der Waals surface area contributed by atoms with Gasteiger partial charge in [0, 0.05) is 30.9 Å². The molecule has 5 heteroatoms. The zero-order valence-corrected chi connectivity index (χ0v) is 11.4. The molecule has 4 nitrogen and oxygen atoms in total. The average Bonchev–Trinajstić information content (AvgIpc) is 2.56. The molecule has 0 aliphatic rings. The molecule has 1 N–H and O–H groups in total. The number of aromatic nitrogens is 3. The van der Waals surface area contributed by atoms with Gasteiger partial charge in [-0.15, -0.1) is 0 Å². The third-order valence-corrected chi connectivity index (χ3v) is 3.45. The van der Waals surface area contributed by atoms with E-state index in [0.717, 1.165) is 22.5 Å². The lowest BCUT2D eigenvalue weighted by Crippen LogP contribution is -2.03. The normalized spacial score (nSPS) is 12.7. The minimum atomic E-state index is -0.591. The van der Waals surface area contributed by atoms with Gasteiger partial charge in [-0.1, -0.05) is 11.6 Å². The van der Waals surface area contributed by atoms with Crippen LogP contribution in [0.4, 0.5) is 0 Å². The quantitative estimate of drug-likeness (QED) is 0.927. The molecule has 1 unspecified atom stereocenters. The summed E-state index contributed by atoms with van der Waals surface area (Å²) in [5, 5.41) is 15.1. The van der Waals surface area contributed by atoms with Crippen molar-refractivity contribution in [3.8, 4) is 0 Å². The SMILES string of the molecule is Cc1cc(C(O)Cc2c(C)nn(C)c2Cl)ccn1. The summed E-state index contributed by atoms with van der Waals surface area (Å²) in [6.07, 6.45) is 1.57. The van der Waals surface area contributed by atoms with E-state index in [4.69, 9.17) is 11.6 Å². The highest BCUT2D eigenvalue weighted by Gasteiger charge is 2.16. The molecule has 0 saturated heterocycles. The van der Waals surface area contributed by atoms with Crippen molar-refractivity contribution in [1.82, 2.24) is 14.8 Å². The van der Waals surface area contributed by atoms with Gasteiger partial charge in [-0.25, -0.2) is 0 Å². The summed E-state index contributed by atoms with van der Waals surface area (Å²) in [6.45, 7) is 3.80. The first-order valence-corrected chi connectivity index (χ1v) is 6.15. The van der Waals surface area contributed by atoms with Gasteiger partial charge in [0.1, 0.15) is 5.15 Å². The maximum Gasteiger partial charge on any atom is 0.130 e. The molecule has 0 aliphatic carbocycles. The average molecular weight is 266 g/mol. The van der Waals surface area contributed by atoms with E-state index in [2.05, 4.69) is 10.1 Å². The minimum Gasteiger partial charge on any atom is -0.388 e. The first kappa shape index (κ1) is 13.1. The molecule has 2 aromatic rings. The number of aliphatic hydroxyl groups excluding tert-OH is 1. The smallest absolute Gasteiger partial charge is 0.130 e. The van der Waals surface area contributed by atoms with E-state index in [1.54, 1.807) is 17.9 Å². The zero-order chi connectivity index (χ0) is 13.3. The van der Waals surface area contributed by atoms with Crippen molar-refractivity contribution < 1.29 is 5.11 Å². The van der Waals surface area contributed by atoms with Crippen molar-refractivity contribution >= 4 is 11.6 Å². The lowest BCUT2D eigenvalue weighted by Gasteiger charge is -2.11. The monoisotopic (exact) mass is 265 g/mol. The van der Waals surface area contributed by atoms with E-state index in [1.807, 2.05) is 26.0 Å². The Balaban J connectivity index is 2.24. The molecule has 0 fully saturated rings. The maximum absolute atomic E-state index is 10.2. The Morgan fingerprint density at radius 2 is 2.17 bits per heavy atom. The fourth-order valence-corrected chi connectivity index (χ4v) is 2.24. The van der Waals surface area contributed by atoms with Crippen LogP contribution >= 0.6 is 11.6 Å². The maximum atomic E-state index is 10.2. The van der Waals surface area contributed by atoms with Gasteiger partial charge < -0.3 is 5.11 Å². The summed E-state index contributed by atoms with van der Waals surface area (Å²) in [6, 6.07) is 3.70. The Hall–Kier alpha value is -1.39. The van der Waals surface area contributed by atoms with Crippen LogP contribution in [0.1, 0.15) is 28.6 Å². The van der Waals surface area contributed by atoms with E-state index in [1.165, 1.54) is 0 Å². The van der Waals surface area contributed by atoms with Gasteiger partial charge in [0.05, 0.1) is 11.8 Å². The zero-order valence-electron chi connectivity index (χ0n) is 10.7. The van der Waals surface area contributed by atoms with Crippen LogP contribution in [-0.4, -0.2) is 19.9 Å². The second kappa shape index (κ2) is 5.08. The molecular formula is C13H16ClN3O. The van der Waals surface area contributed by atoms with Crippen LogP contribution in [0.25, 0.3) is 0 Å². The summed E-state index contributed by atoms with van der Waals surface area (Å²) >= 11 is 6.15. The predicted octanol–water partition coefficient (Wildman–Crippen LogP) is 2.36. The summed E-state index contributed by atoms with van der Waals surface area (Å²) in [4.78, 5) is 4.11. The largest absolute Gasteiger partial charge is 0.388 e. The van der Waals surface area contributed by atoms with E-state index in [0.29, 0.717) is 11.6 Å². The second-order valence-corrected chi connectivity index (χ2v) is 4.79. The van der Waals surface area contributed by atoms with Gasteiger partial charge >= 0.3 is 0 Å². The van der Waals surface area contributed by atoms with Crippen molar-refractivity contribution in [2.75, 3.05) is 0 Å². The number of rotatable bonds is 3. The summed E-state index contributed by atoms with van der Waals surface area (Å²) < 4.78 is 1.62. The third kappa shape index (κ3) is 2.54. The number of nitrogens with zero attached hydrogens (tertiary/aromatic N) is 3. The summed E-state index contributed by atoms with van der Waals surface area (Å²) in [5.74, 6) is 0. The Morgan fingerprint density at radius 3 is 2.72 bits per heavy atom. The molecular weight excluding hydrogens is 250 g/mol. The van der Waals surface area contributed by atoms with Crippen LogP contribution in [0, 0.1) is 13.8 Å². The molecule has 96 valence electrons. The summed E-state index contributed by atoms with van der Waals surface area (Å²) in [5.41, 5.74) is 3.48. The lowest BCUT2D eigenvalue weighted by atomic mass is 10.0. The fourth-order valence-electron chi connectivity index (χ4n) is 1.99. The molecule has 0 amide bonds. The van der Waals surface area contributed by atoms with E-state index in [9.17, 15) is 5.11 Å². The molecule has 0 bridgehead atoms. The Morgan fingerprint density at radius 1 is 1.44 bits per heavy atom. The van der Waals surface area contributed by atoms with Crippen molar-refractivity contribution in [2.24, 2.45) is 7.05 Å². The van der Waals surface area contributed by atoms with Crippen molar-refractivity contribution in [2.45, 2.75) is 26.4 Å². The number of aryl methyl sites for hydroxylation is 3. The second-order valence-electron chi connectivity index (χ2n) is 4.43. The first-order valence-electron chi connectivity index (χ1n) is 5.77. The number of hydrogen-bond acceptors (Lipinski definition) is 3. The molecule has 2 rings (SSSR count). The van der Waals surface area contributed by atoms with E-state index in [-0.39, 0.29) is 0 Å². The number of hydrogen-bond donors (Lipinski definition) is 1. The van der Waals surface area contributed by atoms with Crippen molar-refractivity contribution in [3.63, 3.8) is 0 Å². The number of halogens is 1. The Kier molecular flexibility index (Phi) is 3.68. The molecule has 0 radical (unpaired) electrons.